The van der Waals surface area contributed by atoms with Crippen molar-refractivity contribution in [3.8, 4) is 0 Å². The molecule has 2 aromatic rings. The number of carbonyl (C=O) groups excluding carboxylic acids is 1. The van der Waals surface area contributed by atoms with Gasteiger partial charge >= 0.3 is 0 Å². The molecule has 0 unspecified atom stereocenters. The minimum absolute atomic E-state index is 0.0415. The number of hydrogen-bond acceptors (Lipinski definition) is 2. The summed E-state index contributed by atoms with van der Waals surface area (Å²) >= 11 is 0. The van der Waals surface area contributed by atoms with Crippen LogP contribution in [0, 0.1) is 19.8 Å². The topological polar surface area (TPSA) is 42.0 Å². The third-order valence-corrected chi connectivity index (χ3v) is 4.76. The zero-order valence-electron chi connectivity index (χ0n) is 13.6. The Morgan fingerprint density at radius 3 is 2.73 bits per heavy atom. The van der Waals surface area contributed by atoms with E-state index in [0.717, 1.165) is 34.1 Å². The van der Waals surface area contributed by atoms with Crippen LogP contribution in [0.1, 0.15) is 54.2 Å². The number of carbonyl (C=O) groups is 1. The Labute approximate surface area is 132 Å². The number of nitrogens with zero attached hydrogens (tertiary/aromatic N) is 1. The van der Waals surface area contributed by atoms with Crippen LogP contribution in [0.3, 0.4) is 0 Å². The second-order valence-electron chi connectivity index (χ2n) is 6.67. The van der Waals surface area contributed by atoms with Crippen molar-refractivity contribution < 1.29 is 4.79 Å². The highest BCUT2D eigenvalue weighted by Crippen LogP contribution is 2.25. The minimum Gasteiger partial charge on any atom is -0.349 e. The lowest BCUT2D eigenvalue weighted by molar-refractivity contribution is 0.0912. The molecule has 0 aliphatic heterocycles. The molecule has 0 spiro atoms. The van der Waals surface area contributed by atoms with Gasteiger partial charge in [-0.15, -0.1) is 0 Å². The van der Waals surface area contributed by atoms with Crippen LogP contribution in [0.15, 0.2) is 24.3 Å². The molecule has 1 amide bonds. The first kappa shape index (κ1) is 15.0. The Kier molecular flexibility index (Phi) is 4.14. The van der Waals surface area contributed by atoms with Crippen LogP contribution in [0.25, 0.3) is 10.9 Å². The summed E-state index contributed by atoms with van der Waals surface area (Å²) < 4.78 is 0. The van der Waals surface area contributed by atoms with E-state index >= 15 is 0 Å². The van der Waals surface area contributed by atoms with Crippen LogP contribution in [-0.2, 0) is 0 Å². The maximum Gasteiger partial charge on any atom is 0.252 e. The number of hydrogen-bond donors (Lipinski definition) is 1. The Balaban J connectivity index is 1.94. The molecule has 1 heterocycles. The van der Waals surface area contributed by atoms with Gasteiger partial charge in [0.2, 0.25) is 0 Å². The van der Waals surface area contributed by atoms with E-state index in [0.29, 0.717) is 12.0 Å². The van der Waals surface area contributed by atoms with Gasteiger partial charge in [-0.2, -0.15) is 0 Å². The van der Waals surface area contributed by atoms with Gasteiger partial charge in [0.15, 0.2) is 0 Å². The van der Waals surface area contributed by atoms with E-state index in [4.69, 9.17) is 0 Å². The lowest BCUT2D eigenvalue weighted by Gasteiger charge is -2.29. The van der Waals surface area contributed by atoms with Crippen LogP contribution >= 0.6 is 0 Å². The maximum atomic E-state index is 12.8. The molecular formula is C19H24N2O. The quantitative estimate of drug-likeness (QED) is 0.904. The molecule has 1 saturated carbocycles. The highest BCUT2D eigenvalue weighted by molar-refractivity contribution is 6.06. The Morgan fingerprint density at radius 2 is 1.95 bits per heavy atom. The van der Waals surface area contributed by atoms with E-state index in [1.54, 1.807) is 0 Å². The second kappa shape index (κ2) is 6.07. The van der Waals surface area contributed by atoms with Crippen molar-refractivity contribution in [3.05, 3.63) is 41.1 Å². The SMILES string of the molecule is Cc1ccc2nc(C)cc(C(=O)N[C@@H]3CCCC[C@H]3C)c2c1. The first-order valence-electron chi connectivity index (χ1n) is 8.23. The summed E-state index contributed by atoms with van der Waals surface area (Å²) in [6.45, 7) is 6.23. The smallest absolute Gasteiger partial charge is 0.252 e. The van der Waals surface area contributed by atoms with E-state index in [-0.39, 0.29) is 5.91 Å². The summed E-state index contributed by atoms with van der Waals surface area (Å²) in [5, 5.41) is 4.21. The largest absolute Gasteiger partial charge is 0.349 e. The number of aromatic nitrogens is 1. The van der Waals surface area contributed by atoms with Crippen LogP contribution in [-0.4, -0.2) is 16.9 Å². The predicted molar refractivity (Wildman–Crippen MR) is 90.1 cm³/mol. The van der Waals surface area contributed by atoms with Gasteiger partial charge in [0.1, 0.15) is 0 Å². The fraction of sp³-hybridized carbons (Fsp3) is 0.474. The molecule has 0 bridgehead atoms. The van der Waals surface area contributed by atoms with Crippen molar-refractivity contribution in [2.75, 3.05) is 0 Å². The van der Waals surface area contributed by atoms with Crippen molar-refractivity contribution in [3.63, 3.8) is 0 Å². The number of nitrogens with one attached hydrogen (secondary N) is 1. The lowest BCUT2D eigenvalue weighted by Crippen LogP contribution is -2.41. The molecule has 0 radical (unpaired) electrons. The van der Waals surface area contributed by atoms with Crippen molar-refractivity contribution in [2.24, 2.45) is 5.92 Å². The third-order valence-electron chi connectivity index (χ3n) is 4.76. The monoisotopic (exact) mass is 296 g/mol. The molecule has 1 aromatic heterocycles. The number of pyridine rings is 1. The number of fused-ring (bicyclic) bond motifs is 1. The summed E-state index contributed by atoms with van der Waals surface area (Å²) in [6.07, 6.45) is 4.79. The zero-order valence-corrected chi connectivity index (χ0v) is 13.6. The highest BCUT2D eigenvalue weighted by atomic mass is 16.1. The summed E-state index contributed by atoms with van der Waals surface area (Å²) in [7, 11) is 0. The molecule has 3 heteroatoms. The van der Waals surface area contributed by atoms with Crippen molar-refractivity contribution >= 4 is 16.8 Å². The predicted octanol–water partition coefficient (Wildman–Crippen LogP) is 4.16. The third kappa shape index (κ3) is 2.99. The Morgan fingerprint density at radius 1 is 1.18 bits per heavy atom. The summed E-state index contributed by atoms with van der Waals surface area (Å²) in [6, 6.07) is 8.30. The number of amides is 1. The van der Waals surface area contributed by atoms with Crippen LogP contribution in [0.2, 0.25) is 0 Å². The van der Waals surface area contributed by atoms with Gasteiger partial charge in [-0.3, -0.25) is 9.78 Å². The van der Waals surface area contributed by atoms with E-state index < -0.39 is 0 Å². The standard InChI is InChI=1S/C19H24N2O/c1-12-8-9-18-15(10-12)16(11-14(3)20-18)19(22)21-17-7-5-4-6-13(17)2/h8-11,13,17H,4-7H2,1-3H3,(H,21,22)/t13-,17-/m1/s1. The molecule has 1 aromatic carbocycles. The van der Waals surface area contributed by atoms with E-state index in [1.807, 2.05) is 32.0 Å². The molecule has 1 aliphatic rings. The van der Waals surface area contributed by atoms with Crippen LogP contribution < -0.4 is 5.32 Å². The Hall–Kier alpha value is -1.90. The zero-order chi connectivity index (χ0) is 15.7. The van der Waals surface area contributed by atoms with Gasteiger partial charge < -0.3 is 5.32 Å². The molecule has 2 atom stereocenters. The second-order valence-corrected chi connectivity index (χ2v) is 6.67. The normalized spacial score (nSPS) is 21.8. The van der Waals surface area contributed by atoms with Gasteiger partial charge in [0.25, 0.3) is 5.91 Å². The molecule has 1 fully saturated rings. The summed E-state index contributed by atoms with van der Waals surface area (Å²) in [5.41, 5.74) is 3.69. The lowest BCUT2D eigenvalue weighted by atomic mass is 9.86. The van der Waals surface area contributed by atoms with Crippen molar-refractivity contribution in [1.82, 2.24) is 10.3 Å². The number of aryl methyl sites for hydroxylation is 2. The summed E-state index contributed by atoms with van der Waals surface area (Å²) in [4.78, 5) is 17.3. The number of rotatable bonds is 2. The summed E-state index contributed by atoms with van der Waals surface area (Å²) in [5.74, 6) is 0.605. The molecule has 22 heavy (non-hydrogen) atoms. The highest BCUT2D eigenvalue weighted by Gasteiger charge is 2.24. The van der Waals surface area contributed by atoms with Gasteiger partial charge in [0.05, 0.1) is 11.1 Å². The van der Waals surface area contributed by atoms with Gasteiger partial charge in [0, 0.05) is 17.1 Å². The number of benzene rings is 1. The van der Waals surface area contributed by atoms with E-state index in [9.17, 15) is 4.79 Å². The molecule has 1 aliphatic carbocycles. The average molecular weight is 296 g/mol. The molecule has 0 saturated heterocycles. The fourth-order valence-corrected chi connectivity index (χ4v) is 3.44. The fourth-order valence-electron chi connectivity index (χ4n) is 3.44. The van der Waals surface area contributed by atoms with Crippen LogP contribution in [0.5, 0.6) is 0 Å². The van der Waals surface area contributed by atoms with Gasteiger partial charge in [-0.1, -0.05) is 31.4 Å². The van der Waals surface area contributed by atoms with E-state index in [2.05, 4.69) is 23.3 Å². The van der Waals surface area contributed by atoms with Crippen molar-refractivity contribution in [2.45, 2.75) is 52.5 Å². The molecule has 3 nitrogen and oxygen atoms in total. The molecule has 3 rings (SSSR count). The van der Waals surface area contributed by atoms with E-state index in [1.165, 1.54) is 19.3 Å². The molecule has 1 N–H and O–H groups in total. The maximum absolute atomic E-state index is 12.8. The van der Waals surface area contributed by atoms with Gasteiger partial charge in [-0.25, -0.2) is 0 Å². The van der Waals surface area contributed by atoms with Gasteiger partial charge in [-0.05, 0) is 50.8 Å². The molecule has 116 valence electrons. The van der Waals surface area contributed by atoms with Crippen LogP contribution in [0.4, 0.5) is 0 Å². The first-order chi connectivity index (χ1) is 10.5. The van der Waals surface area contributed by atoms with Crippen molar-refractivity contribution in [1.29, 1.82) is 0 Å². The average Bonchev–Trinajstić information content (AvgIpc) is 2.49. The Bertz CT molecular complexity index is 708. The minimum atomic E-state index is 0.0415. The first-order valence-corrected chi connectivity index (χ1v) is 8.23. The molecular weight excluding hydrogens is 272 g/mol.